The fourth-order valence-electron chi connectivity index (χ4n) is 1.93. The van der Waals surface area contributed by atoms with Crippen LogP contribution < -0.4 is 5.32 Å². The lowest BCUT2D eigenvalue weighted by atomic mass is 10.0. The highest BCUT2D eigenvalue weighted by atomic mass is 35.5. The zero-order valence-corrected chi connectivity index (χ0v) is 15.3. The van der Waals surface area contributed by atoms with E-state index in [0.717, 1.165) is 0 Å². The summed E-state index contributed by atoms with van der Waals surface area (Å²) in [6, 6.07) is 4.02. The van der Waals surface area contributed by atoms with Gasteiger partial charge in [0.1, 0.15) is 9.69 Å². The number of anilines is 1. The van der Waals surface area contributed by atoms with Crippen molar-refractivity contribution in [1.82, 2.24) is 9.96 Å². The van der Waals surface area contributed by atoms with Crippen molar-refractivity contribution in [3.8, 4) is 0 Å². The normalized spacial score (nSPS) is 20.2. The maximum Gasteiger partial charge on any atom is 0.346 e. The number of halogens is 2. The van der Waals surface area contributed by atoms with Gasteiger partial charge in [-0.3, -0.25) is 5.21 Å². The number of nitrogens with one attached hydrogen (secondary N) is 1. The van der Waals surface area contributed by atoms with Crippen LogP contribution in [0.3, 0.4) is 0 Å². The molecule has 1 fully saturated rings. The summed E-state index contributed by atoms with van der Waals surface area (Å²) in [5.41, 5.74) is -0.0546. The first-order chi connectivity index (χ1) is 10.1. The molecule has 2 rings (SSSR count). The Morgan fingerprint density at radius 1 is 1.45 bits per heavy atom. The minimum atomic E-state index is -0.665. The van der Waals surface area contributed by atoms with Crippen molar-refractivity contribution in [3.63, 3.8) is 0 Å². The zero-order valence-electron chi connectivity index (χ0n) is 12.1. The highest BCUT2D eigenvalue weighted by molar-refractivity contribution is 8.23. The van der Waals surface area contributed by atoms with Crippen LogP contribution in [-0.2, 0) is 0 Å². The largest absolute Gasteiger partial charge is 0.352 e. The van der Waals surface area contributed by atoms with Crippen molar-refractivity contribution < 1.29 is 10.0 Å². The lowest BCUT2D eigenvalue weighted by molar-refractivity contribution is -0.0715. The average molecular weight is 380 g/mol. The quantitative estimate of drug-likeness (QED) is 0.456. The monoisotopic (exact) mass is 379 g/mol. The van der Waals surface area contributed by atoms with E-state index in [-0.39, 0.29) is 0 Å². The second-order valence-corrected chi connectivity index (χ2v) is 7.88. The van der Waals surface area contributed by atoms with Crippen molar-refractivity contribution in [2.45, 2.75) is 24.8 Å². The van der Waals surface area contributed by atoms with Crippen LogP contribution in [0.25, 0.3) is 0 Å². The first-order valence-electron chi connectivity index (χ1n) is 6.33. The molecule has 0 bridgehead atoms. The number of thioether (sulfide) groups is 1. The third kappa shape index (κ3) is 3.28. The minimum absolute atomic E-state index is 0.320. The number of nitrogens with zero attached hydrogens (tertiary/aromatic N) is 2. The molecule has 0 aliphatic carbocycles. The van der Waals surface area contributed by atoms with E-state index >= 15 is 0 Å². The van der Waals surface area contributed by atoms with Gasteiger partial charge in [0.05, 0.1) is 15.6 Å². The Hall–Kier alpha value is -0.730. The smallest absolute Gasteiger partial charge is 0.346 e. The summed E-state index contributed by atoms with van der Waals surface area (Å²) < 4.78 is 0.622. The highest BCUT2D eigenvalue weighted by Crippen LogP contribution is 2.40. The van der Waals surface area contributed by atoms with Crippen LogP contribution in [0.5, 0.6) is 0 Å². The Balaban J connectivity index is 2.12. The van der Waals surface area contributed by atoms with E-state index in [9.17, 15) is 10.0 Å². The molecule has 1 saturated heterocycles. The number of urea groups is 1. The maximum atomic E-state index is 12.2. The minimum Gasteiger partial charge on any atom is -0.352 e. The van der Waals surface area contributed by atoms with Crippen LogP contribution in [0, 0.1) is 0 Å². The topological polar surface area (TPSA) is 55.8 Å². The molecule has 1 aromatic rings. The zero-order chi connectivity index (χ0) is 16.7. The predicted molar refractivity (Wildman–Crippen MR) is 94.9 cm³/mol. The molecular formula is C13H15Cl2N3O2S2. The van der Waals surface area contributed by atoms with Crippen molar-refractivity contribution in [2.24, 2.45) is 0 Å². The van der Waals surface area contributed by atoms with Crippen LogP contribution in [-0.4, -0.2) is 43.5 Å². The Labute approximate surface area is 148 Å². The third-order valence-electron chi connectivity index (χ3n) is 3.56. The molecule has 1 aliphatic heterocycles. The van der Waals surface area contributed by atoms with Crippen LogP contribution in [0.1, 0.15) is 13.8 Å². The Kier molecular flexibility index (Phi) is 5.13. The van der Waals surface area contributed by atoms with Gasteiger partial charge in [0, 0.05) is 12.7 Å². The van der Waals surface area contributed by atoms with Crippen LogP contribution >= 0.6 is 47.2 Å². The number of hydrogen-bond donors (Lipinski definition) is 2. The molecule has 0 spiro atoms. The number of hydroxylamine groups is 2. The fraction of sp³-hybridized carbons (Fsp3) is 0.385. The molecule has 0 saturated carbocycles. The molecule has 0 unspecified atom stereocenters. The van der Waals surface area contributed by atoms with Gasteiger partial charge in [0.25, 0.3) is 0 Å². The van der Waals surface area contributed by atoms with E-state index in [1.165, 1.54) is 17.8 Å². The Bertz CT molecular complexity index is 627. The number of benzene rings is 1. The average Bonchev–Trinajstić information content (AvgIpc) is 2.65. The number of carbonyl (C=O) groups excluding carboxylic acids is 1. The van der Waals surface area contributed by atoms with E-state index in [1.807, 2.05) is 25.8 Å². The summed E-state index contributed by atoms with van der Waals surface area (Å²) in [4.78, 5) is 14.1. The van der Waals surface area contributed by atoms with Crippen LogP contribution in [0.15, 0.2) is 18.2 Å². The third-order valence-corrected chi connectivity index (χ3v) is 6.33. The molecule has 2 N–H and O–H groups in total. The van der Waals surface area contributed by atoms with Crippen molar-refractivity contribution in [1.29, 1.82) is 0 Å². The van der Waals surface area contributed by atoms with Gasteiger partial charge in [-0.15, -0.1) is 0 Å². The van der Waals surface area contributed by atoms with E-state index in [0.29, 0.717) is 25.1 Å². The maximum absolute atomic E-state index is 12.2. The summed E-state index contributed by atoms with van der Waals surface area (Å²) >= 11 is 18.2. The van der Waals surface area contributed by atoms with Crippen molar-refractivity contribution in [3.05, 3.63) is 28.2 Å². The number of thiocarbonyl (C=S) groups is 1. The Morgan fingerprint density at radius 2 is 2.09 bits per heavy atom. The van der Waals surface area contributed by atoms with Gasteiger partial charge in [-0.1, -0.05) is 47.2 Å². The van der Waals surface area contributed by atoms with Gasteiger partial charge in [0.15, 0.2) is 0 Å². The second-order valence-electron chi connectivity index (χ2n) is 5.35. The van der Waals surface area contributed by atoms with E-state index in [2.05, 4.69) is 5.32 Å². The highest BCUT2D eigenvalue weighted by Gasteiger charge is 2.47. The van der Waals surface area contributed by atoms with Gasteiger partial charge in [-0.2, -0.15) is 5.06 Å². The Morgan fingerprint density at radius 3 is 2.59 bits per heavy atom. The van der Waals surface area contributed by atoms with Crippen LogP contribution in [0.2, 0.25) is 10.0 Å². The van der Waals surface area contributed by atoms with E-state index in [1.54, 1.807) is 12.1 Å². The number of carbonyl (C=O) groups is 1. The van der Waals surface area contributed by atoms with Crippen molar-refractivity contribution in [2.75, 3.05) is 12.4 Å². The van der Waals surface area contributed by atoms with Crippen LogP contribution in [0.4, 0.5) is 10.5 Å². The molecule has 2 amide bonds. The predicted octanol–water partition coefficient (Wildman–Crippen LogP) is 4.28. The molecule has 0 radical (unpaired) electrons. The molecule has 1 aliphatic rings. The summed E-state index contributed by atoms with van der Waals surface area (Å²) in [7, 11) is 1.83. The molecule has 120 valence electrons. The second kappa shape index (κ2) is 6.41. The molecule has 1 aromatic carbocycles. The molecule has 0 aromatic heterocycles. The molecule has 22 heavy (non-hydrogen) atoms. The summed E-state index contributed by atoms with van der Waals surface area (Å²) in [5, 5.41) is 13.6. The van der Waals surface area contributed by atoms with E-state index in [4.69, 9.17) is 35.4 Å². The van der Waals surface area contributed by atoms with E-state index < -0.39 is 16.9 Å². The molecule has 5 nitrogen and oxygen atoms in total. The number of hydrogen-bond acceptors (Lipinski definition) is 4. The summed E-state index contributed by atoms with van der Waals surface area (Å²) in [6.45, 7) is 3.80. The lowest BCUT2D eigenvalue weighted by Gasteiger charge is -2.35. The first kappa shape index (κ1) is 17.6. The van der Waals surface area contributed by atoms with Gasteiger partial charge in [0.2, 0.25) is 0 Å². The van der Waals surface area contributed by atoms with Gasteiger partial charge >= 0.3 is 6.03 Å². The number of rotatable bonds is 2. The number of likely N-dealkylation sites (N-methyl/N-ethyl adjacent to an activating group) is 1. The molecule has 1 heterocycles. The standard InChI is InChI=1S/C13H15Cl2N3O2S2/c1-13(2)10(22-12(21)17(13)3)18(20)11(19)16-7-4-5-8(14)9(15)6-7/h4-6,10,20H,1-3H3,(H,16,19)/t10-/m0/s1. The summed E-state index contributed by atoms with van der Waals surface area (Å²) in [6.07, 6.45) is 0. The molecular weight excluding hydrogens is 365 g/mol. The molecule has 1 atom stereocenters. The van der Waals surface area contributed by atoms with Gasteiger partial charge in [-0.25, -0.2) is 4.79 Å². The first-order valence-corrected chi connectivity index (χ1v) is 8.37. The van der Waals surface area contributed by atoms with Crippen molar-refractivity contribution >= 4 is 63.2 Å². The number of amides is 2. The van der Waals surface area contributed by atoms with Gasteiger partial charge < -0.3 is 10.2 Å². The SMILES string of the molecule is CN1C(=S)S[C@H](N(O)C(=O)Nc2ccc(Cl)c(Cl)c2)C1(C)C. The summed E-state index contributed by atoms with van der Waals surface area (Å²) in [5.74, 6) is 0. The van der Waals surface area contributed by atoms with Gasteiger partial charge in [-0.05, 0) is 32.0 Å². The lowest BCUT2D eigenvalue weighted by Crippen LogP contribution is -2.52. The molecule has 9 heteroatoms. The fourth-order valence-corrected chi connectivity index (χ4v) is 3.96.